The summed E-state index contributed by atoms with van der Waals surface area (Å²) in [6.45, 7) is 7.72. The van der Waals surface area contributed by atoms with Gasteiger partial charge in [-0.05, 0) is 62.0 Å². The summed E-state index contributed by atoms with van der Waals surface area (Å²) in [6.07, 6.45) is 8.40. The van der Waals surface area contributed by atoms with Crippen LogP contribution >= 0.6 is 11.3 Å². The van der Waals surface area contributed by atoms with Crippen molar-refractivity contribution in [2.45, 2.75) is 72.1 Å². The van der Waals surface area contributed by atoms with Crippen LogP contribution in [0.4, 0.5) is 4.79 Å². The molecule has 196 valence electrons. The second-order valence-electron chi connectivity index (χ2n) is 10.5. The number of allylic oxidation sites excluding steroid dienone is 1. The van der Waals surface area contributed by atoms with Crippen LogP contribution in [0.1, 0.15) is 85.2 Å². The molecule has 36 heavy (non-hydrogen) atoms. The number of methoxy groups -OCH3 is 1. The Labute approximate surface area is 216 Å². The van der Waals surface area contributed by atoms with E-state index in [2.05, 4.69) is 22.2 Å². The number of carbonyl (C=O) groups excluding carboxylic acids is 2. The van der Waals surface area contributed by atoms with Gasteiger partial charge in [0.25, 0.3) is 0 Å². The smallest absolute Gasteiger partial charge is 0.410 e. The Morgan fingerprint density at radius 2 is 1.97 bits per heavy atom. The van der Waals surface area contributed by atoms with Crippen LogP contribution in [-0.4, -0.2) is 24.1 Å². The summed E-state index contributed by atoms with van der Waals surface area (Å²) in [5.41, 5.74) is -1.50. The summed E-state index contributed by atoms with van der Waals surface area (Å²) >= 11 is 1.80. The van der Waals surface area contributed by atoms with E-state index < -0.39 is 28.8 Å². The minimum atomic E-state index is -0.810. The number of hydrogen-bond donors (Lipinski definition) is 2. The van der Waals surface area contributed by atoms with Gasteiger partial charge in [0.2, 0.25) is 0 Å². The van der Waals surface area contributed by atoms with Gasteiger partial charge in [-0.15, -0.1) is 11.3 Å². The lowest BCUT2D eigenvalue weighted by atomic mass is 9.73. The SMILES string of the molecule is COC(=O)N/C=C/CCC(C)c1cc(O)c(C(=O)C(C)C(C)(C)Cc2ccc(CC3CC3)s2)c(=O)o1. The summed E-state index contributed by atoms with van der Waals surface area (Å²) in [7, 11) is 1.28. The number of thiophene rings is 1. The molecule has 2 N–H and O–H groups in total. The zero-order valence-electron chi connectivity index (χ0n) is 21.8. The van der Waals surface area contributed by atoms with E-state index >= 15 is 0 Å². The summed E-state index contributed by atoms with van der Waals surface area (Å²) in [4.78, 5) is 39.7. The van der Waals surface area contributed by atoms with E-state index in [0.29, 0.717) is 18.6 Å². The molecule has 2 aromatic rings. The third-order valence-electron chi connectivity index (χ3n) is 7.05. The largest absolute Gasteiger partial charge is 0.507 e. The van der Waals surface area contributed by atoms with E-state index in [1.807, 2.05) is 27.7 Å². The molecule has 1 amide bonds. The lowest BCUT2D eigenvalue weighted by molar-refractivity contribution is 0.0812. The van der Waals surface area contributed by atoms with Crippen molar-refractivity contribution in [2.75, 3.05) is 7.11 Å². The number of rotatable bonds is 12. The third-order valence-corrected chi connectivity index (χ3v) is 8.16. The van der Waals surface area contributed by atoms with E-state index in [-0.39, 0.29) is 17.2 Å². The first-order valence-corrected chi connectivity index (χ1v) is 13.3. The van der Waals surface area contributed by atoms with Gasteiger partial charge in [0.1, 0.15) is 17.1 Å². The molecule has 1 aliphatic carbocycles. The van der Waals surface area contributed by atoms with Gasteiger partial charge < -0.3 is 14.3 Å². The number of ether oxygens (including phenoxy) is 1. The normalized spacial score (nSPS) is 15.6. The Morgan fingerprint density at radius 1 is 1.28 bits per heavy atom. The molecule has 0 aliphatic heterocycles. The van der Waals surface area contributed by atoms with Crippen molar-refractivity contribution in [1.82, 2.24) is 5.32 Å². The molecular formula is C28H37NO6S. The van der Waals surface area contributed by atoms with E-state index in [1.165, 1.54) is 42.0 Å². The molecule has 2 unspecified atom stereocenters. The van der Waals surface area contributed by atoms with Gasteiger partial charge >= 0.3 is 11.7 Å². The molecule has 2 atom stereocenters. The van der Waals surface area contributed by atoms with Gasteiger partial charge in [-0.1, -0.05) is 33.8 Å². The molecule has 0 saturated heterocycles. The van der Waals surface area contributed by atoms with Crippen molar-refractivity contribution >= 4 is 23.2 Å². The fourth-order valence-corrected chi connectivity index (χ4v) is 5.51. The van der Waals surface area contributed by atoms with Gasteiger partial charge in [0.15, 0.2) is 5.78 Å². The average Bonchev–Trinajstić information content (AvgIpc) is 3.54. The fourth-order valence-electron chi connectivity index (χ4n) is 4.13. The molecule has 2 heterocycles. The minimum Gasteiger partial charge on any atom is -0.507 e. The molecule has 1 aliphatic rings. The van der Waals surface area contributed by atoms with Gasteiger partial charge in [-0.3, -0.25) is 10.1 Å². The number of hydrogen-bond acceptors (Lipinski definition) is 7. The van der Waals surface area contributed by atoms with E-state index in [4.69, 9.17) is 4.42 Å². The van der Waals surface area contributed by atoms with Crippen molar-refractivity contribution in [2.24, 2.45) is 17.3 Å². The van der Waals surface area contributed by atoms with Crippen LogP contribution in [0.15, 0.2) is 39.7 Å². The Hall–Kier alpha value is -2.87. The van der Waals surface area contributed by atoms with Crippen LogP contribution < -0.4 is 10.9 Å². The average molecular weight is 516 g/mol. The van der Waals surface area contributed by atoms with Crippen molar-refractivity contribution in [3.8, 4) is 5.75 Å². The predicted molar refractivity (Wildman–Crippen MR) is 141 cm³/mol. The highest BCUT2D eigenvalue weighted by molar-refractivity contribution is 7.12. The lowest BCUT2D eigenvalue weighted by Crippen LogP contribution is -2.33. The molecule has 0 aromatic carbocycles. The molecule has 0 radical (unpaired) electrons. The molecule has 1 fully saturated rings. The zero-order chi connectivity index (χ0) is 26.5. The van der Waals surface area contributed by atoms with Crippen molar-refractivity contribution in [3.63, 3.8) is 0 Å². The highest BCUT2D eigenvalue weighted by Crippen LogP contribution is 2.38. The van der Waals surface area contributed by atoms with E-state index in [1.54, 1.807) is 17.4 Å². The Bertz CT molecular complexity index is 1160. The van der Waals surface area contributed by atoms with Crippen LogP contribution in [-0.2, 0) is 17.6 Å². The number of ketones is 1. The van der Waals surface area contributed by atoms with Gasteiger partial charge in [0, 0.05) is 33.9 Å². The first kappa shape index (κ1) is 27.7. The first-order chi connectivity index (χ1) is 17.0. The highest BCUT2D eigenvalue weighted by atomic mass is 32.1. The standard InChI is InChI=1S/C28H37NO6S/c1-17(8-6-7-13-29-27(33)34-5)23-15-22(30)24(26(32)35-23)25(31)18(2)28(3,4)16-21-12-11-20(36-21)14-19-9-10-19/h7,11-13,15,17-19,30H,6,8-10,14,16H2,1-5H3,(H,29,33)/b13-7+. The second kappa shape index (κ2) is 11.9. The molecule has 7 nitrogen and oxygen atoms in total. The van der Waals surface area contributed by atoms with Crippen molar-refractivity contribution < 1.29 is 23.8 Å². The maximum atomic E-state index is 13.3. The number of carbonyl (C=O) groups is 2. The minimum absolute atomic E-state index is 0.173. The number of nitrogens with one attached hydrogen (secondary N) is 1. The first-order valence-electron chi connectivity index (χ1n) is 12.5. The van der Waals surface area contributed by atoms with Crippen molar-refractivity contribution in [3.05, 3.63) is 62.0 Å². The molecule has 8 heteroatoms. The van der Waals surface area contributed by atoms with Crippen LogP contribution in [0.3, 0.4) is 0 Å². The molecule has 1 saturated carbocycles. The van der Waals surface area contributed by atoms with Crippen LogP contribution in [0, 0.1) is 17.3 Å². The molecule has 3 rings (SSSR count). The van der Waals surface area contributed by atoms with Crippen LogP contribution in [0.25, 0.3) is 0 Å². The summed E-state index contributed by atoms with van der Waals surface area (Å²) in [5.74, 6) is -0.261. The topological polar surface area (TPSA) is 106 Å². The molecule has 2 aromatic heterocycles. The number of alkyl carbamates (subject to hydrolysis) is 1. The molecular weight excluding hydrogens is 478 g/mol. The quantitative estimate of drug-likeness (QED) is 0.326. The molecule has 0 bridgehead atoms. The Kier molecular flexibility index (Phi) is 9.17. The molecule has 0 spiro atoms. The monoisotopic (exact) mass is 515 g/mol. The Balaban J connectivity index is 1.64. The second-order valence-corrected chi connectivity index (χ2v) is 11.7. The zero-order valence-corrected chi connectivity index (χ0v) is 22.6. The van der Waals surface area contributed by atoms with E-state index in [0.717, 1.165) is 18.8 Å². The highest BCUT2D eigenvalue weighted by Gasteiger charge is 2.36. The van der Waals surface area contributed by atoms with Gasteiger partial charge in [-0.25, -0.2) is 9.59 Å². The number of aromatic hydroxyl groups is 1. The third kappa shape index (κ3) is 7.32. The van der Waals surface area contributed by atoms with Crippen molar-refractivity contribution in [1.29, 1.82) is 0 Å². The number of Topliss-reactive ketones (excluding diaryl/α,β-unsaturated/α-hetero) is 1. The number of amides is 1. The predicted octanol–water partition coefficient (Wildman–Crippen LogP) is 6.20. The fraction of sp³-hybridized carbons (Fsp3) is 0.536. The Morgan fingerprint density at radius 3 is 2.61 bits per heavy atom. The summed E-state index contributed by atoms with van der Waals surface area (Å²) in [5, 5.41) is 13.1. The van der Waals surface area contributed by atoms with Gasteiger partial charge in [0.05, 0.1) is 7.11 Å². The van der Waals surface area contributed by atoms with E-state index in [9.17, 15) is 19.5 Å². The van der Waals surface area contributed by atoms with Gasteiger partial charge in [-0.2, -0.15) is 0 Å². The lowest BCUT2D eigenvalue weighted by Gasteiger charge is -2.30. The van der Waals surface area contributed by atoms with Crippen LogP contribution in [0.2, 0.25) is 0 Å². The summed E-state index contributed by atoms with van der Waals surface area (Å²) < 4.78 is 9.94. The van der Waals surface area contributed by atoms with Crippen LogP contribution in [0.5, 0.6) is 5.75 Å². The maximum absolute atomic E-state index is 13.3. The summed E-state index contributed by atoms with van der Waals surface area (Å²) in [6, 6.07) is 5.70. The maximum Gasteiger partial charge on any atom is 0.410 e.